The molecule has 142 valence electrons. The Morgan fingerprint density at radius 1 is 1.42 bits per heavy atom. The standard InChI is InChI=1S/C18H26N4O3S/c1-2-24-8-9-25-11-12-4-3-7-22(10-12)13-5-6-21-18-14(13)15(19)16(26-18)17(20)23/h5-6,12H,2-4,7-11,19H2,1H3,(H2,20,23). The fourth-order valence-corrected chi connectivity index (χ4v) is 4.34. The third-order valence-corrected chi connectivity index (χ3v) is 5.75. The summed E-state index contributed by atoms with van der Waals surface area (Å²) >= 11 is 1.26. The van der Waals surface area contributed by atoms with Gasteiger partial charge in [-0.1, -0.05) is 0 Å². The summed E-state index contributed by atoms with van der Waals surface area (Å²) in [5.74, 6) is -0.0419. The van der Waals surface area contributed by atoms with Crippen LogP contribution in [0.1, 0.15) is 29.4 Å². The molecular weight excluding hydrogens is 352 g/mol. The lowest BCUT2D eigenvalue weighted by Gasteiger charge is -2.34. The van der Waals surface area contributed by atoms with Gasteiger partial charge in [-0.15, -0.1) is 11.3 Å². The number of hydrogen-bond donors (Lipinski definition) is 2. The van der Waals surface area contributed by atoms with Gasteiger partial charge in [0.1, 0.15) is 9.71 Å². The maximum atomic E-state index is 11.6. The van der Waals surface area contributed by atoms with Crippen molar-refractivity contribution in [2.45, 2.75) is 19.8 Å². The molecule has 7 nitrogen and oxygen atoms in total. The zero-order chi connectivity index (χ0) is 18.5. The number of carbonyl (C=O) groups excluding carboxylic acids is 1. The SMILES string of the molecule is CCOCCOCC1CCCN(c2ccnc3sc(C(N)=O)c(N)c23)C1. The highest BCUT2D eigenvalue weighted by molar-refractivity contribution is 7.21. The number of amides is 1. The van der Waals surface area contributed by atoms with Gasteiger partial charge in [0.15, 0.2) is 0 Å². The van der Waals surface area contributed by atoms with Crippen LogP contribution >= 0.6 is 11.3 Å². The van der Waals surface area contributed by atoms with E-state index in [4.69, 9.17) is 20.9 Å². The lowest BCUT2D eigenvalue weighted by Crippen LogP contribution is -2.37. The fourth-order valence-electron chi connectivity index (χ4n) is 3.41. The summed E-state index contributed by atoms with van der Waals surface area (Å²) in [4.78, 5) is 19.4. The highest BCUT2D eigenvalue weighted by Crippen LogP contribution is 2.39. The Kier molecular flexibility index (Phi) is 6.29. The molecule has 26 heavy (non-hydrogen) atoms. The first kappa shape index (κ1) is 18.9. The van der Waals surface area contributed by atoms with Crippen molar-refractivity contribution in [1.82, 2.24) is 4.98 Å². The van der Waals surface area contributed by atoms with E-state index in [1.54, 1.807) is 6.20 Å². The number of thiophene rings is 1. The molecule has 0 aliphatic carbocycles. The summed E-state index contributed by atoms with van der Waals surface area (Å²) in [6, 6.07) is 1.97. The lowest BCUT2D eigenvalue weighted by atomic mass is 9.98. The molecule has 1 atom stereocenters. The van der Waals surface area contributed by atoms with Crippen molar-refractivity contribution in [3.8, 4) is 0 Å². The van der Waals surface area contributed by atoms with Gasteiger partial charge in [-0.2, -0.15) is 0 Å². The van der Waals surface area contributed by atoms with Crippen LogP contribution in [0.3, 0.4) is 0 Å². The van der Waals surface area contributed by atoms with Crippen LogP contribution < -0.4 is 16.4 Å². The van der Waals surface area contributed by atoms with E-state index in [0.29, 0.717) is 36.3 Å². The number of primary amides is 1. The fraction of sp³-hybridized carbons (Fsp3) is 0.556. The molecule has 1 aliphatic heterocycles. The molecule has 1 saturated heterocycles. The molecule has 0 radical (unpaired) electrons. The Hall–Kier alpha value is -1.90. The van der Waals surface area contributed by atoms with E-state index < -0.39 is 5.91 Å². The van der Waals surface area contributed by atoms with Gasteiger partial charge < -0.3 is 25.8 Å². The maximum Gasteiger partial charge on any atom is 0.260 e. The molecule has 1 fully saturated rings. The van der Waals surface area contributed by atoms with Crippen molar-refractivity contribution in [2.75, 3.05) is 50.2 Å². The molecule has 2 aromatic rings. The molecule has 3 rings (SSSR count). The number of fused-ring (bicyclic) bond motifs is 1. The maximum absolute atomic E-state index is 11.6. The predicted molar refractivity (Wildman–Crippen MR) is 105 cm³/mol. The normalized spacial score (nSPS) is 17.7. The summed E-state index contributed by atoms with van der Waals surface area (Å²) in [6.45, 7) is 6.54. The summed E-state index contributed by atoms with van der Waals surface area (Å²) in [7, 11) is 0. The highest BCUT2D eigenvalue weighted by Gasteiger charge is 2.24. The van der Waals surface area contributed by atoms with E-state index in [9.17, 15) is 4.79 Å². The number of nitrogens with two attached hydrogens (primary N) is 2. The van der Waals surface area contributed by atoms with E-state index in [2.05, 4.69) is 9.88 Å². The minimum atomic E-state index is -0.504. The number of rotatable bonds is 8. The van der Waals surface area contributed by atoms with E-state index in [-0.39, 0.29) is 0 Å². The average molecular weight is 378 g/mol. The van der Waals surface area contributed by atoms with Gasteiger partial charge in [0.05, 0.1) is 36.6 Å². The number of carbonyl (C=O) groups is 1. The Labute approximate surface area is 157 Å². The number of anilines is 2. The van der Waals surface area contributed by atoms with Crippen LogP contribution in [-0.2, 0) is 9.47 Å². The zero-order valence-electron chi connectivity index (χ0n) is 15.1. The zero-order valence-corrected chi connectivity index (χ0v) is 15.9. The molecule has 3 heterocycles. The van der Waals surface area contributed by atoms with Gasteiger partial charge >= 0.3 is 0 Å². The minimum absolute atomic E-state index is 0.382. The molecule has 0 aromatic carbocycles. The smallest absolute Gasteiger partial charge is 0.260 e. The molecular formula is C18H26N4O3S. The topological polar surface area (TPSA) is 104 Å². The second kappa shape index (κ2) is 8.66. The minimum Gasteiger partial charge on any atom is -0.397 e. The number of nitrogens with zero attached hydrogens (tertiary/aromatic N) is 2. The van der Waals surface area contributed by atoms with Crippen molar-refractivity contribution < 1.29 is 14.3 Å². The Balaban J connectivity index is 1.73. The molecule has 4 N–H and O–H groups in total. The monoisotopic (exact) mass is 378 g/mol. The van der Waals surface area contributed by atoms with Crippen molar-refractivity contribution >= 4 is 38.8 Å². The largest absolute Gasteiger partial charge is 0.397 e. The van der Waals surface area contributed by atoms with Gasteiger partial charge in [-0.05, 0) is 31.7 Å². The van der Waals surface area contributed by atoms with E-state index in [1.165, 1.54) is 11.3 Å². The first-order valence-corrected chi connectivity index (χ1v) is 9.80. The number of hydrogen-bond acceptors (Lipinski definition) is 7. The quantitative estimate of drug-likeness (QED) is 0.683. The van der Waals surface area contributed by atoms with Gasteiger partial charge in [0.25, 0.3) is 5.91 Å². The van der Waals surface area contributed by atoms with Crippen LogP contribution in [0.5, 0.6) is 0 Å². The van der Waals surface area contributed by atoms with Crippen LogP contribution in [0, 0.1) is 5.92 Å². The Morgan fingerprint density at radius 3 is 3.00 bits per heavy atom. The molecule has 0 spiro atoms. The summed E-state index contributed by atoms with van der Waals surface area (Å²) in [5.41, 5.74) is 13.1. The van der Waals surface area contributed by atoms with Crippen molar-refractivity contribution in [3.63, 3.8) is 0 Å². The number of ether oxygens (including phenoxy) is 2. The van der Waals surface area contributed by atoms with Crippen molar-refractivity contribution in [2.24, 2.45) is 11.7 Å². The number of nitrogen functional groups attached to an aromatic ring is 1. The van der Waals surface area contributed by atoms with Crippen LogP contribution in [0.25, 0.3) is 10.2 Å². The van der Waals surface area contributed by atoms with E-state index >= 15 is 0 Å². The van der Waals surface area contributed by atoms with Gasteiger partial charge in [0.2, 0.25) is 0 Å². The number of piperidine rings is 1. The average Bonchev–Trinajstić information content (AvgIpc) is 2.99. The Morgan fingerprint density at radius 2 is 2.23 bits per heavy atom. The molecule has 1 unspecified atom stereocenters. The van der Waals surface area contributed by atoms with Crippen molar-refractivity contribution in [1.29, 1.82) is 0 Å². The molecule has 1 amide bonds. The van der Waals surface area contributed by atoms with Gasteiger partial charge in [-0.3, -0.25) is 4.79 Å². The number of pyridine rings is 1. The summed E-state index contributed by atoms with van der Waals surface area (Å²) in [5, 5.41) is 0.837. The van der Waals surface area contributed by atoms with Gasteiger partial charge in [0, 0.05) is 25.9 Å². The van der Waals surface area contributed by atoms with Crippen LogP contribution in [0.2, 0.25) is 0 Å². The molecule has 8 heteroatoms. The predicted octanol–water partition coefficient (Wildman–Crippen LogP) is 2.25. The van der Waals surface area contributed by atoms with Crippen LogP contribution in [-0.4, -0.2) is 50.4 Å². The van der Waals surface area contributed by atoms with E-state index in [1.807, 2.05) is 13.0 Å². The molecule has 1 aliphatic rings. The summed E-state index contributed by atoms with van der Waals surface area (Å²) < 4.78 is 11.1. The number of aromatic nitrogens is 1. The lowest BCUT2D eigenvalue weighted by molar-refractivity contribution is 0.0352. The molecule has 2 aromatic heterocycles. The van der Waals surface area contributed by atoms with Gasteiger partial charge in [-0.25, -0.2) is 4.98 Å². The van der Waals surface area contributed by atoms with Crippen LogP contribution in [0.4, 0.5) is 11.4 Å². The first-order valence-electron chi connectivity index (χ1n) is 8.99. The second-order valence-corrected chi connectivity index (χ2v) is 7.44. The van der Waals surface area contributed by atoms with E-state index in [0.717, 1.165) is 48.4 Å². The first-order chi connectivity index (χ1) is 12.6. The van der Waals surface area contributed by atoms with Crippen LogP contribution in [0.15, 0.2) is 12.3 Å². The third-order valence-electron chi connectivity index (χ3n) is 4.62. The molecule has 0 saturated carbocycles. The summed E-state index contributed by atoms with van der Waals surface area (Å²) in [6.07, 6.45) is 4.00. The molecule has 0 bridgehead atoms. The highest BCUT2D eigenvalue weighted by atomic mass is 32.1. The third kappa shape index (κ3) is 4.08. The van der Waals surface area contributed by atoms with Crippen molar-refractivity contribution in [3.05, 3.63) is 17.1 Å². The second-order valence-electron chi connectivity index (χ2n) is 6.45. The Bertz CT molecular complexity index is 764.